The van der Waals surface area contributed by atoms with Gasteiger partial charge >= 0.3 is 0 Å². The molecule has 2 heterocycles. The molecule has 1 saturated heterocycles. The van der Waals surface area contributed by atoms with Gasteiger partial charge in [-0.3, -0.25) is 14.4 Å². The van der Waals surface area contributed by atoms with E-state index in [4.69, 9.17) is 0 Å². The van der Waals surface area contributed by atoms with Crippen molar-refractivity contribution in [3.8, 4) is 0 Å². The maximum Gasteiger partial charge on any atom is 0.256 e. The lowest BCUT2D eigenvalue weighted by atomic mass is 9.97. The maximum atomic E-state index is 13.0. The van der Waals surface area contributed by atoms with E-state index in [9.17, 15) is 14.4 Å². The molecule has 0 aromatic heterocycles. The molecule has 1 aromatic carbocycles. The number of nitrogens with zero attached hydrogens (tertiary/aromatic N) is 3. The molecule has 25 heavy (non-hydrogen) atoms. The number of benzene rings is 1. The molecule has 2 atom stereocenters. The SMILES string of the molecule is C[C@@H]1CCC[C@H](C)N1C(=O)CN1C(=O)CN(C)C(=O)c2ccccc21. The van der Waals surface area contributed by atoms with Crippen molar-refractivity contribution in [1.29, 1.82) is 0 Å². The molecule has 134 valence electrons. The van der Waals surface area contributed by atoms with Crippen molar-refractivity contribution in [3.63, 3.8) is 0 Å². The second-order valence-corrected chi connectivity index (χ2v) is 7.09. The first kappa shape index (κ1) is 17.5. The first-order chi connectivity index (χ1) is 11.9. The lowest BCUT2D eigenvalue weighted by Crippen LogP contribution is -2.52. The molecule has 2 aliphatic rings. The van der Waals surface area contributed by atoms with Crippen LogP contribution in [0.5, 0.6) is 0 Å². The summed E-state index contributed by atoms with van der Waals surface area (Å²) in [7, 11) is 1.61. The van der Waals surface area contributed by atoms with Crippen molar-refractivity contribution in [3.05, 3.63) is 29.8 Å². The van der Waals surface area contributed by atoms with E-state index in [1.54, 1.807) is 31.3 Å². The summed E-state index contributed by atoms with van der Waals surface area (Å²) in [6, 6.07) is 7.36. The summed E-state index contributed by atoms with van der Waals surface area (Å²) >= 11 is 0. The molecule has 2 aliphatic heterocycles. The van der Waals surface area contributed by atoms with Crippen molar-refractivity contribution in [2.24, 2.45) is 0 Å². The van der Waals surface area contributed by atoms with Gasteiger partial charge in [0.15, 0.2) is 0 Å². The van der Waals surface area contributed by atoms with Crippen LogP contribution in [0.15, 0.2) is 24.3 Å². The van der Waals surface area contributed by atoms with Crippen LogP contribution in [0.25, 0.3) is 0 Å². The number of likely N-dealkylation sites (tertiary alicyclic amines) is 1. The number of likely N-dealkylation sites (N-methyl/N-ethyl adjacent to an activating group) is 1. The number of anilines is 1. The molecular formula is C19H25N3O3. The van der Waals surface area contributed by atoms with Gasteiger partial charge in [-0.05, 0) is 45.2 Å². The minimum absolute atomic E-state index is 0.0219. The van der Waals surface area contributed by atoms with Crippen LogP contribution in [0.4, 0.5) is 5.69 Å². The lowest BCUT2D eigenvalue weighted by molar-refractivity contribution is -0.136. The lowest BCUT2D eigenvalue weighted by Gasteiger charge is -2.40. The van der Waals surface area contributed by atoms with Crippen molar-refractivity contribution < 1.29 is 14.4 Å². The summed E-state index contributed by atoms with van der Waals surface area (Å²) in [5.41, 5.74) is 0.982. The molecule has 6 heteroatoms. The van der Waals surface area contributed by atoms with Crippen molar-refractivity contribution >= 4 is 23.4 Å². The molecule has 1 fully saturated rings. The van der Waals surface area contributed by atoms with E-state index >= 15 is 0 Å². The zero-order valence-electron chi connectivity index (χ0n) is 15.1. The molecule has 6 nitrogen and oxygen atoms in total. The molecule has 0 unspecified atom stereocenters. The van der Waals surface area contributed by atoms with Crippen LogP contribution in [0.2, 0.25) is 0 Å². The van der Waals surface area contributed by atoms with Gasteiger partial charge in [-0.15, -0.1) is 0 Å². The zero-order chi connectivity index (χ0) is 18.1. The summed E-state index contributed by atoms with van der Waals surface area (Å²) in [4.78, 5) is 42.9. The molecule has 3 rings (SSSR count). The third-order valence-electron chi connectivity index (χ3n) is 5.22. The monoisotopic (exact) mass is 343 g/mol. The predicted molar refractivity (Wildman–Crippen MR) is 95.4 cm³/mol. The van der Waals surface area contributed by atoms with Gasteiger partial charge in [0.1, 0.15) is 13.1 Å². The second-order valence-electron chi connectivity index (χ2n) is 7.09. The molecule has 0 radical (unpaired) electrons. The van der Waals surface area contributed by atoms with Gasteiger partial charge < -0.3 is 14.7 Å². The number of hydrogen-bond donors (Lipinski definition) is 0. The van der Waals surface area contributed by atoms with Crippen LogP contribution in [-0.4, -0.2) is 59.7 Å². The first-order valence-electron chi connectivity index (χ1n) is 8.86. The minimum atomic E-state index is -0.230. The van der Waals surface area contributed by atoms with E-state index in [0.717, 1.165) is 19.3 Å². The Balaban J connectivity index is 1.90. The van der Waals surface area contributed by atoms with Gasteiger partial charge in [0, 0.05) is 19.1 Å². The molecule has 0 spiro atoms. The highest BCUT2D eigenvalue weighted by molar-refractivity contribution is 6.11. The maximum absolute atomic E-state index is 13.0. The Hall–Kier alpha value is -2.37. The Bertz CT molecular complexity index is 693. The fraction of sp³-hybridized carbons (Fsp3) is 0.526. The summed E-state index contributed by atoms with van der Waals surface area (Å²) in [6.07, 6.45) is 3.10. The van der Waals surface area contributed by atoms with Crippen LogP contribution in [-0.2, 0) is 9.59 Å². The van der Waals surface area contributed by atoms with E-state index in [1.807, 2.05) is 4.90 Å². The third-order valence-corrected chi connectivity index (χ3v) is 5.22. The topological polar surface area (TPSA) is 60.9 Å². The number of carbonyl (C=O) groups excluding carboxylic acids is 3. The number of para-hydroxylation sites is 1. The van der Waals surface area contributed by atoms with Crippen LogP contribution in [0, 0.1) is 0 Å². The van der Waals surface area contributed by atoms with Crippen molar-refractivity contribution in [2.75, 3.05) is 25.0 Å². The molecule has 0 saturated carbocycles. The van der Waals surface area contributed by atoms with Gasteiger partial charge in [-0.2, -0.15) is 0 Å². The Morgan fingerprint density at radius 3 is 2.44 bits per heavy atom. The Morgan fingerprint density at radius 1 is 1.12 bits per heavy atom. The molecule has 1 aromatic rings. The smallest absolute Gasteiger partial charge is 0.256 e. The summed E-state index contributed by atoms with van der Waals surface area (Å²) in [5.74, 6) is -0.482. The van der Waals surface area contributed by atoms with Gasteiger partial charge in [-0.25, -0.2) is 0 Å². The summed E-state index contributed by atoms with van der Waals surface area (Å²) in [6.45, 7) is 4.07. The molecule has 0 bridgehead atoms. The number of hydrogen-bond acceptors (Lipinski definition) is 3. The van der Waals surface area contributed by atoms with Gasteiger partial charge in [-0.1, -0.05) is 12.1 Å². The Kier molecular flexibility index (Phi) is 4.79. The van der Waals surface area contributed by atoms with E-state index in [2.05, 4.69) is 13.8 Å². The summed E-state index contributed by atoms with van der Waals surface area (Å²) in [5, 5.41) is 0. The second kappa shape index (κ2) is 6.86. The fourth-order valence-corrected chi connectivity index (χ4v) is 3.89. The van der Waals surface area contributed by atoms with Crippen LogP contribution < -0.4 is 4.90 Å². The number of rotatable bonds is 2. The standard InChI is InChI=1S/C19H25N3O3/c1-13-7-6-8-14(2)22(13)18(24)12-21-16-10-5-4-9-15(16)19(25)20(3)11-17(21)23/h4-5,9-10,13-14H,6-8,11-12H2,1-3H3/t13-,14+. The molecule has 0 aliphatic carbocycles. The van der Waals surface area contributed by atoms with E-state index in [-0.39, 0.29) is 42.9 Å². The number of fused-ring (bicyclic) bond motifs is 1. The van der Waals surface area contributed by atoms with Crippen molar-refractivity contribution in [1.82, 2.24) is 9.80 Å². The first-order valence-corrected chi connectivity index (χ1v) is 8.86. The van der Waals surface area contributed by atoms with Crippen molar-refractivity contribution in [2.45, 2.75) is 45.2 Å². The largest absolute Gasteiger partial charge is 0.336 e. The number of amides is 3. The average Bonchev–Trinajstić information content (AvgIpc) is 2.66. The molecule has 0 N–H and O–H groups in total. The average molecular weight is 343 g/mol. The summed E-state index contributed by atoms with van der Waals surface area (Å²) < 4.78 is 0. The van der Waals surface area contributed by atoms with Gasteiger partial charge in [0.2, 0.25) is 11.8 Å². The van der Waals surface area contributed by atoms with E-state index in [1.165, 1.54) is 9.80 Å². The zero-order valence-corrected chi connectivity index (χ0v) is 15.1. The van der Waals surface area contributed by atoms with E-state index in [0.29, 0.717) is 11.3 Å². The normalized spacial score (nSPS) is 24.2. The molecular weight excluding hydrogens is 318 g/mol. The van der Waals surface area contributed by atoms with E-state index < -0.39 is 0 Å². The van der Waals surface area contributed by atoms with Crippen LogP contribution in [0.3, 0.4) is 0 Å². The van der Waals surface area contributed by atoms with Crippen LogP contribution >= 0.6 is 0 Å². The Morgan fingerprint density at radius 2 is 1.76 bits per heavy atom. The fourth-order valence-electron chi connectivity index (χ4n) is 3.89. The molecule has 3 amide bonds. The highest BCUT2D eigenvalue weighted by atomic mass is 16.2. The predicted octanol–water partition coefficient (Wildman–Crippen LogP) is 1.89. The third kappa shape index (κ3) is 3.25. The highest BCUT2D eigenvalue weighted by Gasteiger charge is 2.34. The number of carbonyl (C=O) groups is 3. The van der Waals surface area contributed by atoms with Crippen LogP contribution in [0.1, 0.15) is 43.5 Å². The van der Waals surface area contributed by atoms with Gasteiger partial charge in [0.25, 0.3) is 5.91 Å². The highest BCUT2D eigenvalue weighted by Crippen LogP contribution is 2.27. The quantitative estimate of drug-likeness (QED) is 0.824. The van der Waals surface area contributed by atoms with Gasteiger partial charge in [0.05, 0.1) is 11.3 Å². The minimum Gasteiger partial charge on any atom is -0.336 e. The Labute approximate surface area is 148 Å². The number of piperidine rings is 1.